The van der Waals surface area contributed by atoms with E-state index in [9.17, 15) is 9.90 Å². The number of amides is 1. The molecule has 1 amide bonds. The van der Waals surface area contributed by atoms with Crippen LogP contribution in [0.15, 0.2) is 0 Å². The number of piperidine rings is 1. The van der Waals surface area contributed by atoms with Gasteiger partial charge in [0.1, 0.15) is 0 Å². The van der Waals surface area contributed by atoms with Gasteiger partial charge in [0.15, 0.2) is 0 Å². The molecule has 1 saturated heterocycles. The Balaban J connectivity index is 2.02. The second kappa shape index (κ2) is 5.75. The van der Waals surface area contributed by atoms with Crippen LogP contribution >= 0.6 is 12.2 Å². The molecule has 0 bridgehead atoms. The van der Waals surface area contributed by atoms with Gasteiger partial charge in [-0.25, -0.2) is 0 Å². The van der Waals surface area contributed by atoms with Crippen LogP contribution in [0.5, 0.6) is 0 Å². The Bertz CT molecular complexity index is 356. The summed E-state index contributed by atoms with van der Waals surface area (Å²) < 4.78 is 0. The number of carbonyl (C=O) groups is 1. The molecule has 0 radical (unpaired) electrons. The minimum Gasteiger partial charge on any atom is -0.393 e. The molecule has 108 valence electrons. The fourth-order valence-corrected chi connectivity index (χ4v) is 3.72. The normalized spacial score (nSPS) is 25.3. The fourth-order valence-electron chi connectivity index (χ4n) is 3.43. The molecule has 2 aliphatic rings. The number of thiocarbonyl (C=S) groups is 1. The summed E-state index contributed by atoms with van der Waals surface area (Å²) in [6, 6.07) is 0. The van der Waals surface area contributed by atoms with Gasteiger partial charge in [0.05, 0.1) is 16.5 Å². The molecule has 0 aromatic rings. The van der Waals surface area contributed by atoms with Crippen molar-refractivity contribution in [3.8, 4) is 0 Å². The third-order valence-electron chi connectivity index (χ3n) is 4.85. The maximum Gasteiger partial charge on any atom is 0.235 e. The van der Waals surface area contributed by atoms with E-state index in [1.807, 2.05) is 11.8 Å². The Morgan fingerprint density at radius 3 is 2.32 bits per heavy atom. The predicted octanol–water partition coefficient (Wildman–Crippen LogP) is 1.45. The van der Waals surface area contributed by atoms with Gasteiger partial charge in [0.2, 0.25) is 5.91 Å². The van der Waals surface area contributed by atoms with Crippen molar-refractivity contribution in [1.82, 2.24) is 4.90 Å². The summed E-state index contributed by atoms with van der Waals surface area (Å²) in [5.74, 6) is 0.440. The summed E-state index contributed by atoms with van der Waals surface area (Å²) >= 11 is 5.17. The number of aliphatic hydroxyl groups is 1. The zero-order chi connectivity index (χ0) is 14.0. The molecule has 3 N–H and O–H groups in total. The number of carbonyl (C=O) groups excluding carboxylic acids is 1. The lowest BCUT2D eigenvalue weighted by Gasteiger charge is -2.38. The highest BCUT2D eigenvalue weighted by molar-refractivity contribution is 7.80. The van der Waals surface area contributed by atoms with Crippen molar-refractivity contribution in [3.63, 3.8) is 0 Å². The molecule has 4 nitrogen and oxygen atoms in total. The largest absolute Gasteiger partial charge is 0.393 e. The number of rotatable bonds is 3. The molecule has 2 rings (SSSR count). The van der Waals surface area contributed by atoms with Gasteiger partial charge in [0.25, 0.3) is 0 Å². The van der Waals surface area contributed by atoms with Crippen LogP contribution in [0.2, 0.25) is 0 Å². The van der Waals surface area contributed by atoms with Gasteiger partial charge in [-0.15, -0.1) is 0 Å². The average Bonchev–Trinajstić information content (AvgIpc) is 2.88. The highest BCUT2D eigenvalue weighted by atomic mass is 32.1. The molecule has 1 saturated carbocycles. The van der Waals surface area contributed by atoms with E-state index in [0.29, 0.717) is 10.9 Å². The van der Waals surface area contributed by atoms with Crippen LogP contribution in [0.4, 0.5) is 0 Å². The summed E-state index contributed by atoms with van der Waals surface area (Å²) in [5, 5.41) is 9.61. The molecule has 1 aliphatic carbocycles. The Hall–Kier alpha value is -0.680. The van der Waals surface area contributed by atoms with Gasteiger partial charge in [-0.05, 0) is 38.5 Å². The molecule has 1 unspecified atom stereocenters. The van der Waals surface area contributed by atoms with Crippen LogP contribution in [0.3, 0.4) is 0 Å². The number of hydrogen-bond acceptors (Lipinski definition) is 3. The minimum atomic E-state index is -0.576. The standard InChI is InChI=1S/C14H24N2O2S/c1-10(17)11-4-8-16(9-5-11)13(18)14(12(15)19)6-2-3-7-14/h10-11,17H,2-9H2,1H3,(H2,15,19). The minimum absolute atomic E-state index is 0.126. The van der Waals surface area contributed by atoms with Crippen LogP contribution in [0.25, 0.3) is 0 Å². The molecule has 0 spiro atoms. The SMILES string of the molecule is CC(O)C1CCN(C(=O)C2(C(N)=S)CCCC2)CC1. The molecule has 0 aromatic carbocycles. The molecular formula is C14H24N2O2S. The first-order valence-electron chi connectivity index (χ1n) is 7.25. The van der Waals surface area contributed by atoms with E-state index in [-0.39, 0.29) is 12.0 Å². The monoisotopic (exact) mass is 284 g/mol. The quantitative estimate of drug-likeness (QED) is 0.770. The van der Waals surface area contributed by atoms with E-state index < -0.39 is 5.41 Å². The van der Waals surface area contributed by atoms with Crippen molar-refractivity contribution in [3.05, 3.63) is 0 Å². The van der Waals surface area contributed by atoms with Crippen LogP contribution in [0, 0.1) is 11.3 Å². The van der Waals surface area contributed by atoms with Crippen molar-refractivity contribution in [2.45, 2.75) is 51.6 Å². The molecular weight excluding hydrogens is 260 g/mol. The topological polar surface area (TPSA) is 66.6 Å². The summed E-state index contributed by atoms with van der Waals surface area (Å²) in [5.41, 5.74) is 5.28. The third-order valence-corrected chi connectivity index (χ3v) is 5.24. The highest BCUT2D eigenvalue weighted by Crippen LogP contribution is 2.41. The van der Waals surface area contributed by atoms with E-state index in [2.05, 4.69) is 0 Å². The number of aliphatic hydroxyl groups excluding tert-OH is 1. The maximum atomic E-state index is 12.7. The average molecular weight is 284 g/mol. The first-order chi connectivity index (χ1) is 8.97. The summed E-state index contributed by atoms with van der Waals surface area (Å²) in [6.07, 6.45) is 5.14. The van der Waals surface area contributed by atoms with Gasteiger partial charge in [0, 0.05) is 13.1 Å². The summed E-state index contributed by atoms with van der Waals surface area (Å²) in [4.78, 5) is 15.0. The molecule has 1 atom stereocenters. The molecule has 1 aliphatic heterocycles. The number of hydrogen-bond donors (Lipinski definition) is 2. The Morgan fingerprint density at radius 2 is 1.89 bits per heavy atom. The van der Waals surface area contributed by atoms with Crippen molar-refractivity contribution < 1.29 is 9.90 Å². The van der Waals surface area contributed by atoms with Crippen LogP contribution in [0.1, 0.15) is 45.4 Å². The Kier molecular flexibility index (Phi) is 4.46. The van der Waals surface area contributed by atoms with Crippen molar-refractivity contribution in [1.29, 1.82) is 0 Å². The van der Waals surface area contributed by atoms with Gasteiger partial charge in [-0.3, -0.25) is 4.79 Å². The fraction of sp³-hybridized carbons (Fsp3) is 0.857. The second-order valence-electron chi connectivity index (χ2n) is 6.02. The summed E-state index contributed by atoms with van der Waals surface area (Å²) in [7, 11) is 0. The van der Waals surface area contributed by atoms with E-state index in [4.69, 9.17) is 18.0 Å². The Morgan fingerprint density at radius 1 is 1.37 bits per heavy atom. The van der Waals surface area contributed by atoms with E-state index >= 15 is 0 Å². The lowest BCUT2D eigenvalue weighted by atomic mass is 9.83. The molecule has 0 aromatic heterocycles. The predicted molar refractivity (Wildman–Crippen MR) is 78.7 cm³/mol. The van der Waals surface area contributed by atoms with Crippen molar-refractivity contribution in [2.75, 3.05) is 13.1 Å². The summed E-state index contributed by atoms with van der Waals surface area (Å²) in [6.45, 7) is 3.27. The zero-order valence-corrected chi connectivity index (χ0v) is 12.4. The van der Waals surface area contributed by atoms with Gasteiger partial charge in [-0.1, -0.05) is 25.1 Å². The Labute approximate surface area is 120 Å². The van der Waals surface area contributed by atoms with Crippen LogP contribution < -0.4 is 5.73 Å². The van der Waals surface area contributed by atoms with Crippen molar-refractivity contribution >= 4 is 23.1 Å². The van der Waals surface area contributed by atoms with E-state index in [1.54, 1.807) is 0 Å². The van der Waals surface area contributed by atoms with Gasteiger partial charge in [-0.2, -0.15) is 0 Å². The van der Waals surface area contributed by atoms with Gasteiger partial charge < -0.3 is 15.7 Å². The maximum absolute atomic E-state index is 12.7. The number of nitrogens with two attached hydrogens (primary N) is 1. The first-order valence-corrected chi connectivity index (χ1v) is 7.65. The van der Waals surface area contributed by atoms with E-state index in [1.165, 1.54) is 0 Å². The van der Waals surface area contributed by atoms with Crippen molar-refractivity contribution in [2.24, 2.45) is 17.1 Å². The third kappa shape index (κ3) is 2.77. The van der Waals surface area contributed by atoms with Crippen LogP contribution in [-0.4, -0.2) is 40.1 Å². The van der Waals surface area contributed by atoms with E-state index in [0.717, 1.165) is 51.6 Å². The van der Waals surface area contributed by atoms with Crippen LogP contribution in [-0.2, 0) is 4.79 Å². The molecule has 5 heteroatoms. The first kappa shape index (κ1) is 14.7. The lowest BCUT2D eigenvalue weighted by Crippen LogP contribution is -2.51. The zero-order valence-electron chi connectivity index (χ0n) is 11.6. The lowest BCUT2D eigenvalue weighted by molar-refractivity contribution is -0.140. The second-order valence-corrected chi connectivity index (χ2v) is 6.46. The molecule has 19 heavy (non-hydrogen) atoms. The highest BCUT2D eigenvalue weighted by Gasteiger charge is 2.46. The molecule has 1 heterocycles. The van der Waals surface area contributed by atoms with Gasteiger partial charge >= 0.3 is 0 Å². The number of likely N-dealkylation sites (tertiary alicyclic amines) is 1. The molecule has 2 fully saturated rings. The number of nitrogens with zero attached hydrogens (tertiary/aromatic N) is 1. The smallest absolute Gasteiger partial charge is 0.235 e.